The lowest BCUT2D eigenvalue weighted by Gasteiger charge is -2.30. The smallest absolute Gasteiger partial charge is 0.315 e. The van der Waals surface area contributed by atoms with Gasteiger partial charge in [-0.3, -0.25) is 0 Å². The van der Waals surface area contributed by atoms with Crippen LogP contribution in [0.3, 0.4) is 0 Å². The van der Waals surface area contributed by atoms with Gasteiger partial charge in [-0.25, -0.2) is 4.79 Å². The standard InChI is InChI=1S/C13H24N2O2/c16-12-9-5-4-8-11(12)15-13(17)14-10-6-2-1-3-7-10/h10-12,16H,1-9H2,(H2,14,15,17)/t11-,12+/m1/s1. The maximum Gasteiger partial charge on any atom is 0.315 e. The van der Waals surface area contributed by atoms with Gasteiger partial charge in [0, 0.05) is 6.04 Å². The third kappa shape index (κ3) is 3.87. The Morgan fingerprint density at radius 2 is 1.53 bits per heavy atom. The summed E-state index contributed by atoms with van der Waals surface area (Å²) in [5, 5.41) is 15.7. The predicted octanol–water partition coefficient (Wildman–Crippen LogP) is 1.92. The van der Waals surface area contributed by atoms with Crippen LogP contribution in [0, 0.1) is 0 Å². The molecule has 2 rings (SSSR count). The Labute approximate surface area is 103 Å². The first-order valence-corrected chi connectivity index (χ1v) is 7.01. The fraction of sp³-hybridized carbons (Fsp3) is 0.923. The van der Waals surface area contributed by atoms with Crippen molar-refractivity contribution in [3.05, 3.63) is 0 Å². The molecule has 4 heteroatoms. The lowest BCUT2D eigenvalue weighted by Crippen LogP contribution is -2.51. The van der Waals surface area contributed by atoms with Gasteiger partial charge < -0.3 is 15.7 Å². The third-order valence-corrected chi connectivity index (χ3v) is 3.99. The number of carbonyl (C=O) groups is 1. The normalized spacial score (nSPS) is 30.9. The second-order valence-corrected chi connectivity index (χ2v) is 5.41. The first-order valence-electron chi connectivity index (χ1n) is 7.01. The van der Waals surface area contributed by atoms with Gasteiger partial charge in [0.1, 0.15) is 0 Å². The largest absolute Gasteiger partial charge is 0.391 e. The third-order valence-electron chi connectivity index (χ3n) is 3.99. The Bertz CT molecular complexity index is 252. The number of nitrogens with one attached hydrogen (secondary N) is 2. The zero-order valence-corrected chi connectivity index (χ0v) is 10.5. The topological polar surface area (TPSA) is 61.4 Å². The van der Waals surface area contributed by atoms with Crippen molar-refractivity contribution in [2.24, 2.45) is 0 Å². The molecule has 3 N–H and O–H groups in total. The van der Waals surface area contributed by atoms with Gasteiger partial charge in [0.15, 0.2) is 0 Å². The van der Waals surface area contributed by atoms with Crippen LogP contribution in [0.1, 0.15) is 57.8 Å². The molecule has 2 saturated carbocycles. The average molecular weight is 240 g/mol. The lowest BCUT2D eigenvalue weighted by atomic mass is 9.92. The maximum atomic E-state index is 11.8. The van der Waals surface area contributed by atoms with Gasteiger partial charge in [0.2, 0.25) is 0 Å². The van der Waals surface area contributed by atoms with E-state index >= 15 is 0 Å². The summed E-state index contributed by atoms with van der Waals surface area (Å²) in [7, 11) is 0. The summed E-state index contributed by atoms with van der Waals surface area (Å²) < 4.78 is 0. The second-order valence-electron chi connectivity index (χ2n) is 5.41. The molecular formula is C13H24N2O2. The summed E-state index contributed by atoms with van der Waals surface area (Å²) >= 11 is 0. The Kier molecular flexibility index (Phi) is 4.66. The molecule has 0 bridgehead atoms. The van der Waals surface area contributed by atoms with Crippen molar-refractivity contribution in [3.63, 3.8) is 0 Å². The van der Waals surface area contributed by atoms with E-state index in [0.29, 0.717) is 6.04 Å². The van der Waals surface area contributed by atoms with Gasteiger partial charge in [-0.05, 0) is 25.7 Å². The predicted molar refractivity (Wildman–Crippen MR) is 66.8 cm³/mol. The number of rotatable bonds is 2. The molecule has 0 unspecified atom stereocenters. The van der Waals surface area contributed by atoms with Crippen LogP contribution in [-0.4, -0.2) is 29.3 Å². The SMILES string of the molecule is O=C(NC1CCCCC1)N[C@@H]1CCCC[C@@H]1O. The lowest BCUT2D eigenvalue weighted by molar-refractivity contribution is 0.0938. The molecule has 0 aliphatic heterocycles. The van der Waals surface area contributed by atoms with Gasteiger partial charge >= 0.3 is 6.03 Å². The Hall–Kier alpha value is -0.770. The molecule has 0 heterocycles. The number of aliphatic hydroxyl groups is 1. The van der Waals surface area contributed by atoms with Gasteiger partial charge in [0.25, 0.3) is 0 Å². The summed E-state index contributed by atoms with van der Waals surface area (Å²) in [6, 6.07) is 0.194. The fourth-order valence-electron chi connectivity index (χ4n) is 2.92. The zero-order chi connectivity index (χ0) is 12.1. The molecule has 2 aliphatic carbocycles. The van der Waals surface area contributed by atoms with Crippen LogP contribution in [0.5, 0.6) is 0 Å². The van der Waals surface area contributed by atoms with Gasteiger partial charge in [0.05, 0.1) is 12.1 Å². The molecule has 0 aromatic carbocycles. The van der Waals surface area contributed by atoms with Crippen molar-refractivity contribution in [1.29, 1.82) is 0 Å². The van der Waals surface area contributed by atoms with E-state index in [9.17, 15) is 9.90 Å². The maximum absolute atomic E-state index is 11.8. The van der Waals surface area contributed by atoms with Crippen molar-refractivity contribution >= 4 is 6.03 Å². The van der Waals surface area contributed by atoms with Crippen molar-refractivity contribution in [2.75, 3.05) is 0 Å². The molecule has 4 nitrogen and oxygen atoms in total. The monoisotopic (exact) mass is 240 g/mol. The minimum atomic E-state index is -0.360. The molecule has 0 aromatic rings. The van der Waals surface area contributed by atoms with E-state index in [0.717, 1.165) is 38.5 Å². The van der Waals surface area contributed by atoms with Crippen molar-refractivity contribution in [3.8, 4) is 0 Å². The molecule has 0 saturated heterocycles. The number of aliphatic hydroxyl groups excluding tert-OH is 1. The highest BCUT2D eigenvalue weighted by atomic mass is 16.3. The fourth-order valence-corrected chi connectivity index (χ4v) is 2.92. The first kappa shape index (κ1) is 12.7. The molecule has 0 radical (unpaired) electrons. The zero-order valence-electron chi connectivity index (χ0n) is 10.5. The minimum Gasteiger partial charge on any atom is -0.391 e. The first-order chi connectivity index (χ1) is 8.25. The van der Waals surface area contributed by atoms with Crippen molar-refractivity contribution in [1.82, 2.24) is 10.6 Å². The van der Waals surface area contributed by atoms with Crippen LogP contribution in [0.4, 0.5) is 4.79 Å². The van der Waals surface area contributed by atoms with Crippen LogP contribution in [0.15, 0.2) is 0 Å². The van der Waals surface area contributed by atoms with Crippen LogP contribution in [-0.2, 0) is 0 Å². The van der Waals surface area contributed by atoms with Crippen LogP contribution >= 0.6 is 0 Å². The van der Waals surface area contributed by atoms with E-state index in [1.807, 2.05) is 0 Å². The summed E-state index contributed by atoms with van der Waals surface area (Å²) in [5.41, 5.74) is 0. The van der Waals surface area contributed by atoms with Gasteiger partial charge in [-0.1, -0.05) is 32.1 Å². The highest BCUT2D eigenvalue weighted by Crippen LogP contribution is 2.19. The number of carbonyl (C=O) groups excluding carboxylic acids is 1. The molecule has 2 atom stereocenters. The highest BCUT2D eigenvalue weighted by Gasteiger charge is 2.25. The summed E-state index contributed by atoms with van der Waals surface area (Å²) in [4.78, 5) is 11.8. The summed E-state index contributed by atoms with van der Waals surface area (Å²) in [5.74, 6) is 0. The molecule has 2 fully saturated rings. The Balaban J connectivity index is 1.72. The van der Waals surface area contributed by atoms with Crippen LogP contribution in [0.25, 0.3) is 0 Å². The minimum absolute atomic E-state index is 0.0488. The van der Waals surface area contributed by atoms with E-state index in [-0.39, 0.29) is 18.2 Å². The Morgan fingerprint density at radius 3 is 2.24 bits per heavy atom. The molecule has 0 aromatic heterocycles. The summed E-state index contributed by atoms with van der Waals surface area (Å²) in [6.45, 7) is 0. The molecule has 2 aliphatic rings. The van der Waals surface area contributed by atoms with E-state index in [2.05, 4.69) is 10.6 Å². The van der Waals surface area contributed by atoms with Crippen molar-refractivity contribution < 1.29 is 9.90 Å². The average Bonchev–Trinajstić information content (AvgIpc) is 2.33. The van der Waals surface area contributed by atoms with Gasteiger partial charge in [-0.15, -0.1) is 0 Å². The molecule has 17 heavy (non-hydrogen) atoms. The van der Waals surface area contributed by atoms with Crippen LogP contribution < -0.4 is 10.6 Å². The van der Waals surface area contributed by atoms with E-state index in [1.165, 1.54) is 19.3 Å². The number of urea groups is 1. The molecule has 2 amide bonds. The second kappa shape index (κ2) is 6.24. The number of hydrogen-bond acceptors (Lipinski definition) is 2. The molecule has 98 valence electrons. The van der Waals surface area contributed by atoms with Crippen molar-refractivity contribution in [2.45, 2.75) is 76.0 Å². The molecular weight excluding hydrogens is 216 g/mol. The quantitative estimate of drug-likeness (QED) is 0.690. The van der Waals surface area contributed by atoms with E-state index in [1.54, 1.807) is 0 Å². The number of amides is 2. The number of hydrogen-bond donors (Lipinski definition) is 3. The molecule has 0 spiro atoms. The van der Waals surface area contributed by atoms with Crippen LogP contribution in [0.2, 0.25) is 0 Å². The Morgan fingerprint density at radius 1 is 0.882 bits per heavy atom. The van der Waals surface area contributed by atoms with E-state index in [4.69, 9.17) is 0 Å². The van der Waals surface area contributed by atoms with Gasteiger partial charge in [-0.2, -0.15) is 0 Å². The summed E-state index contributed by atoms with van der Waals surface area (Å²) in [6.07, 6.45) is 9.46. The van der Waals surface area contributed by atoms with E-state index < -0.39 is 0 Å². The highest BCUT2D eigenvalue weighted by molar-refractivity contribution is 5.74.